The molecule has 1 aliphatic rings. The number of carbonyl (C=O) groups is 1. The summed E-state index contributed by atoms with van der Waals surface area (Å²) in [6.07, 6.45) is 0.515. The number of likely N-dealkylation sites (N-methyl/N-ethyl adjacent to an activating group) is 1. The first kappa shape index (κ1) is 11.0. The van der Waals surface area contributed by atoms with E-state index in [0.717, 1.165) is 24.3 Å². The van der Waals surface area contributed by atoms with Gasteiger partial charge < -0.3 is 14.8 Å². The fourth-order valence-electron chi connectivity index (χ4n) is 2.50. The van der Waals surface area contributed by atoms with Gasteiger partial charge in [-0.15, -0.1) is 0 Å². The predicted molar refractivity (Wildman–Crippen MR) is 64.0 cm³/mol. The third kappa shape index (κ3) is 1.77. The number of Topliss-reactive ketones (excluding diaryl/α,β-unsaturated/α-hetero) is 1. The zero-order valence-electron chi connectivity index (χ0n) is 9.73. The number of anilines is 1. The van der Waals surface area contributed by atoms with E-state index in [4.69, 9.17) is 0 Å². The number of hydrogen-bond donors (Lipinski definition) is 1. The van der Waals surface area contributed by atoms with Crippen molar-refractivity contribution in [3.05, 3.63) is 23.8 Å². The summed E-state index contributed by atoms with van der Waals surface area (Å²) in [5.41, 5.74) is 2.02. The van der Waals surface area contributed by atoms with Gasteiger partial charge >= 0.3 is 0 Å². The number of fused-ring (bicyclic) bond motifs is 1. The van der Waals surface area contributed by atoms with Crippen LogP contribution in [0.5, 0.6) is 5.75 Å². The van der Waals surface area contributed by atoms with Crippen LogP contribution in [0.4, 0.5) is 5.69 Å². The number of benzene rings is 1. The molecule has 1 aliphatic heterocycles. The Morgan fingerprint density at radius 1 is 1.56 bits per heavy atom. The lowest BCUT2D eigenvalue weighted by molar-refractivity contribution is -0.117. The van der Waals surface area contributed by atoms with Gasteiger partial charge in [-0.25, -0.2) is 0 Å². The monoisotopic (exact) mass is 219 g/mol. The summed E-state index contributed by atoms with van der Waals surface area (Å²) in [5.74, 6) is 0.644. The molecule has 0 spiro atoms. The van der Waals surface area contributed by atoms with Crippen LogP contribution >= 0.6 is 0 Å². The molecule has 0 saturated carbocycles. The molecule has 1 heterocycles. The molecule has 86 valence electrons. The topological polar surface area (TPSA) is 40.5 Å². The molecular formula is C13H17NO2. The average molecular weight is 219 g/mol. The van der Waals surface area contributed by atoms with Crippen LogP contribution in [0.1, 0.15) is 31.7 Å². The van der Waals surface area contributed by atoms with Gasteiger partial charge in [0, 0.05) is 36.7 Å². The van der Waals surface area contributed by atoms with Crippen LogP contribution in [0, 0.1) is 0 Å². The van der Waals surface area contributed by atoms with Crippen LogP contribution in [0.2, 0.25) is 0 Å². The molecule has 2 rings (SSSR count). The number of ketones is 1. The van der Waals surface area contributed by atoms with Crippen molar-refractivity contribution in [1.29, 1.82) is 0 Å². The highest BCUT2D eigenvalue weighted by Gasteiger charge is 2.30. The summed E-state index contributed by atoms with van der Waals surface area (Å²) in [6.45, 7) is 5.44. The first-order chi connectivity index (χ1) is 7.63. The maximum absolute atomic E-state index is 11.2. The Labute approximate surface area is 95.7 Å². The average Bonchev–Trinajstić information content (AvgIpc) is 2.57. The fraction of sp³-hybridized carbons (Fsp3) is 0.462. The van der Waals surface area contributed by atoms with Crippen LogP contribution in [-0.4, -0.2) is 24.0 Å². The Kier molecular flexibility index (Phi) is 2.86. The van der Waals surface area contributed by atoms with E-state index in [1.54, 1.807) is 13.0 Å². The Hall–Kier alpha value is -1.51. The Balaban J connectivity index is 2.39. The molecule has 1 N–H and O–H groups in total. The molecule has 0 saturated heterocycles. The van der Waals surface area contributed by atoms with Crippen molar-refractivity contribution in [2.75, 3.05) is 18.0 Å². The van der Waals surface area contributed by atoms with E-state index in [0.29, 0.717) is 12.2 Å². The van der Waals surface area contributed by atoms with Crippen LogP contribution in [0.15, 0.2) is 18.2 Å². The minimum Gasteiger partial charge on any atom is -0.508 e. The smallest absolute Gasteiger partial charge is 0.130 e. The van der Waals surface area contributed by atoms with E-state index in [-0.39, 0.29) is 11.7 Å². The SMILES string of the molecule is CCN1CC(CC(C)=O)c2c(O)cccc21. The lowest BCUT2D eigenvalue weighted by atomic mass is 9.95. The summed E-state index contributed by atoms with van der Waals surface area (Å²) in [5, 5.41) is 9.89. The third-order valence-electron chi connectivity index (χ3n) is 3.17. The van der Waals surface area contributed by atoms with Crippen molar-refractivity contribution in [2.24, 2.45) is 0 Å². The van der Waals surface area contributed by atoms with Crippen LogP contribution in [-0.2, 0) is 4.79 Å². The van der Waals surface area contributed by atoms with E-state index >= 15 is 0 Å². The number of aromatic hydroxyl groups is 1. The molecule has 1 aromatic carbocycles. The van der Waals surface area contributed by atoms with Gasteiger partial charge in [-0.1, -0.05) is 6.07 Å². The molecule has 3 heteroatoms. The normalized spacial score (nSPS) is 18.6. The molecular weight excluding hydrogens is 202 g/mol. The largest absolute Gasteiger partial charge is 0.508 e. The van der Waals surface area contributed by atoms with Gasteiger partial charge in [0.25, 0.3) is 0 Å². The molecule has 0 bridgehead atoms. The highest BCUT2D eigenvalue weighted by Crippen LogP contribution is 2.42. The Bertz CT molecular complexity index is 414. The van der Waals surface area contributed by atoms with Crippen molar-refractivity contribution < 1.29 is 9.90 Å². The summed E-state index contributed by atoms with van der Waals surface area (Å²) in [4.78, 5) is 13.4. The number of carbonyl (C=O) groups excluding carboxylic acids is 1. The minimum absolute atomic E-state index is 0.147. The number of phenols is 1. The van der Waals surface area contributed by atoms with Gasteiger partial charge in [-0.05, 0) is 26.0 Å². The van der Waals surface area contributed by atoms with E-state index in [2.05, 4.69) is 11.8 Å². The standard InChI is InChI=1S/C13H17NO2/c1-3-14-8-10(7-9(2)15)13-11(14)5-4-6-12(13)16/h4-6,10,16H,3,7-8H2,1-2H3. The number of phenolic OH excluding ortho intramolecular Hbond substituents is 1. The van der Waals surface area contributed by atoms with E-state index in [1.165, 1.54) is 0 Å². The Morgan fingerprint density at radius 2 is 2.31 bits per heavy atom. The number of hydrogen-bond acceptors (Lipinski definition) is 3. The summed E-state index contributed by atoms with van der Waals surface area (Å²) < 4.78 is 0. The van der Waals surface area contributed by atoms with Crippen LogP contribution in [0.3, 0.4) is 0 Å². The fourth-order valence-corrected chi connectivity index (χ4v) is 2.50. The zero-order chi connectivity index (χ0) is 11.7. The molecule has 0 aromatic heterocycles. The van der Waals surface area contributed by atoms with Crippen molar-refractivity contribution >= 4 is 11.5 Å². The number of rotatable bonds is 3. The quantitative estimate of drug-likeness (QED) is 0.848. The van der Waals surface area contributed by atoms with Gasteiger partial charge in [0.2, 0.25) is 0 Å². The van der Waals surface area contributed by atoms with Crippen LogP contribution in [0.25, 0.3) is 0 Å². The van der Waals surface area contributed by atoms with Crippen molar-refractivity contribution in [2.45, 2.75) is 26.2 Å². The molecule has 0 radical (unpaired) electrons. The van der Waals surface area contributed by atoms with Crippen molar-refractivity contribution in [3.63, 3.8) is 0 Å². The predicted octanol–water partition coefficient (Wildman–Crippen LogP) is 2.29. The van der Waals surface area contributed by atoms with Gasteiger partial charge in [0.15, 0.2) is 0 Å². The molecule has 1 atom stereocenters. The first-order valence-electron chi connectivity index (χ1n) is 5.69. The second kappa shape index (κ2) is 4.16. The third-order valence-corrected chi connectivity index (χ3v) is 3.17. The highest BCUT2D eigenvalue weighted by atomic mass is 16.3. The lowest BCUT2D eigenvalue weighted by Crippen LogP contribution is -2.21. The van der Waals surface area contributed by atoms with Gasteiger partial charge in [0.05, 0.1) is 0 Å². The van der Waals surface area contributed by atoms with E-state index < -0.39 is 0 Å². The van der Waals surface area contributed by atoms with Crippen molar-refractivity contribution in [3.8, 4) is 5.75 Å². The Morgan fingerprint density at radius 3 is 2.94 bits per heavy atom. The van der Waals surface area contributed by atoms with Gasteiger partial charge in [-0.3, -0.25) is 0 Å². The van der Waals surface area contributed by atoms with Crippen LogP contribution < -0.4 is 4.90 Å². The molecule has 0 amide bonds. The molecule has 0 fully saturated rings. The second-order valence-electron chi connectivity index (χ2n) is 4.35. The molecule has 16 heavy (non-hydrogen) atoms. The summed E-state index contributed by atoms with van der Waals surface area (Å²) in [7, 11) is 0. The maximum atomic E-state index is 11.2. The summed E-state index contributed by atoms with van der Waals surface area (Å²) in [6, 6.07) is 5.57. The second-order valence-corrected chi connectivity index (χ2v) is 4.35. The highest BCUT2D eigenvalue weighted by molar-refractivity contribution is 5.78. The molecule has 1 unspecified atom stereocenters. The molecule has 3 nitrogen and oxygen atoms in total. The van der Waals surface area contributed by atoms with E-state index in [9.17, 15) is 9.90 Å². The molecule has 1 aromatic rings. The molecule has 0 aliphatic carbocycles. The zero-order valence-corrected chi connectivity index (χ0v) is 9.73. The summed E-state index contributed by atoms with van der Waals surface area (Å²) >= 11 is 0. The van der Waals surface area contributed by atoms with Crippen molar-refractivity contribution in [1.82, 2.24) is 0 Å². The van der Waals surface area contributed by atoms with Gasteiger partial charge in [0.1, 0.15) is 11.5 Å². The maximum Gasteiger partial charge on any atom is 0.130 e. The van der Waals surface area contributed by atoms with Gasteiger partial charge in [-0.2, -0.15) is 0 Å². The van der Waals surface area contributed by atoms with E-state index in [1.807, 2.05) is 12.1 Å². The lowest BCUT2D eigenvalue weighted by Gasteiger charge is -2.16. The first-order valence-corrected chi connectivity index (χ1v) is 5.69. The minimum atomic E-state index is 0.147. The number of nitrogens with zero attached hydrogens (tertiary/aromatic N) is 1.